The first-order valence-corrected chi connectivity index (χ1v) is 12.9. The van der Waals surface area contributed by atoms with E-state index in [2.05, 4.69) is 44.6 Å². The Kier molecular flexibility index (Phi) is 6.24. The van der Waals surface area contributed by atoms with Crippen LogP contribution in [0.2, 0.25) is 0 Å². The maximum Gasteiger partial charge on any atom is 0.227 e. The highest BCUT2D eigenvalue weighted by Gasteiger charge is 2.22. The zero-order chi connectivity index (χ0) is 23.6. The number of aromatic nitrogens is 5. The second-order valence-corrected chi connectivity index (χ2v) is 9.98. The van der Waals surface area contributed by atoms with Crippen LogP contribution in [0.1, 0.15) is 30.0 Å². The first-order chi connectivity index (χ1) is 17.2. The minimum absolute atomic E-state index is 0.382. The van der Waals surface area contributed by atoms with Crippen LogP contribution in [-0.4, -0.2) is 64.3 Å². The standard InChI is InChI=1S/C25H28N8OS/c1-16-3-2-6-27-23(16)24-29-19-14-21(28-15-20(19)35-24)31-22-13-18(17-4-11-34-12-5-17)30-25(32-22)33-9-7-26-8-10-33/h2-3,6,13-15,17,26H,4-5,7-12H2,1H3,(H,28,30,31,32). The molecular weight excluding hydrogens is 460 g/mol. The Bertz CT molecular complexity index is 1290. The molecule has 0 aromatic carbocycles. The zero-order valence-corrected chi connectivity index (χ0v) is 20.5. The second-order valence-electron chi connectivity index (χ2n) is 8.95. The van der Waals surface area contributed by atoms with Crippen LogP contribution in [0.4, 0.5) is 17.6 Å². The molecule has 9 nitrogen and oxygen atoms in total. The summed E-state index contributed by atoms with van der Waals surface area (Å²) in [4.78, 5) is 26.1. The van der Waals surface area contributed by atoms with Gasteiger partial charge in [-0.3, -0.25) is 4.98 Å². The van der Waals surface area contributed by atoms with Crippen LogP contribution in [0.5, 0.6) is 0 Å². The third-order valence-corrected chi connectivity index (χ3v) is 7.53. The van der Waals surface area contributed by atoms with Crippen molar-refractivity contribution < 1.29 is 4.74 Å². The summed E-state index contributed by atoms with van der Waals surface area (Å²) in [6.45, 7) is 7.29. The molecule has 2 aliphatic rings. The normalized spacial score (nSPS) is 17.1. The molecule has 6 rings (SSSR count). The Morgan fingerprint density at radius 2 is 1.91 bits per heavy atom. The number of anilines is 3. The van der Waals surface area contributed by atoms with Crippen LogP contribution in [0.15, 0.2) is 36.7 Å². The summed E-state index contributed by atoms with van der Waals surface area (Å²) in [7, 11) is 0. The molecular formula is C25H28N8OS. The van der Waals surface area contributed by atoms with Gasteiger partial charge in [0.05, 0.1) is 15.9 Å². The zero-order valence-electron chi connectivity index (χ0n) is 19.7. The molecule has 0 aliphatic carbocycles. The predicted octanol–water partition coefficient (Wildman–Crippen LogP) is 3.90. The topological polar surface area (TPSA) is 101 Å². The summed E-state index contributed by atoms with van der Waals surface area (Å²) in [5.74, 6) is 2.64. The summed E-state index contributed by atoms with van der Waals surface area (Å²) in [6.07, 6.45) is 5.64. The third kappa shape index (κ3) is 4.82. The average Bonchev–Trinajstić information content (AvgIpc) is 3.33. The molecule has 4 aromatic heterocycles. The molecule has 0 saturated carbocycles. The Morgan fingerprint density at radius 1 is 1.06 bits per heavy atom. The van der Waals surface area contributed by atoms with Gasteiger partial charge in [-0.1, -0.05) is 6.07 Å². The Labute approximate surface area is 208 Å². The van der Waals surface area contributed by atoms with Gasteiger partial charge in [-0.25, -0.2) is 15.0 Å². The van der Waals surface area contributed by atoms with E-state index in [0.717, 1.165) is 102 Å². The summed E-state index contributed by atoms with van der Waals surface area (Å²) >= 11 is 1.61. The van der Waals surface area contributed by atoms with Crippen molar-refractivity contribution in [2.24, 2.45) is 0 Å². The Balaban J connectivity index is 1.31. The lowest BCUT2D eigenvalue weighted by Gasteiger charge is -2.29. The van der Waals surface area contributed by atoms with E-state index in [0.29, 0.717) is 5.92 Å². The molecule has 0 amide bonds. The highest BCUT2D eigenvalue weighted by Crippen LogP contribution is 2.32. The van der Waals surface area contributed by atoms with Crippen molar-refractivity contribution in [3.63, 3.8) is 0 Å². The van der Waals surface area contributed by atoms with E-state index >= 15 is 0 Å². The van der Waals surface area contributed by atoms with Gasteiger partial charge in [0, 0.05) is 69.8 Å². The fourth-order valence-electron chi connectivity index (χ4n) is 4.57. The number of nitrogens with one attached hydrogen (secondary N) is 2. The summed E-state index contributed by atoms with van der Waals surface area (Å²) in [5, 5.41) is 7.73. The van der Waals surface area contributed by atoms with Gasteiger partial charge in [-0.05, 0) is 31.4 Å². The molecule has 2 fully saturated rings. The number of piperazine rings is 1. The molecule has 2 N–H and O–H groups in total. The molecule has 35 heavy (non-hydrogen) atoms. The molecule has 2 aliphatic heterocycles. The lowest BCUT2D eigenvalue weighted by atomic mass is 9.96. The van der Waals surface area contributed by atoms with Crippen molar-refractivity contribution in [2.45, 2.75) is 25.7 Å². The smallest absolute Gasteiger partial charge is 0.227 e. The Morgan fingerprint density at radius 3 is 2.74 bits per heavy atom. The second kappa shape index (κ2) is 9.80. The van der Waals surface area contributed by atoms with Crippen LogP contribution in [0, 0.1) is 6.92 Å². The van der Waals surface area contributed by atoms with E-state index in [4.69, 9.17) is 19.7 Å². The van der Waals surface area contributed by atoms with Crippen LogP contribution in [-0.2, 0) is 4.74 Å². The highest BCUT2D eigenvalue weighted by molar-refractivity contribution is 7.21. The number of aryl methyl sites for hydroxylation is 1. The quantitative estimate of drug-likeness (QED) is 0.433. The van der Waals surface area contributed by atoms with Gasteiger partial charge in [0.25, 0.3) is 0 Å². The van der Waals surface area contributed by atoms with Crippen molar-refractivity contribution in [1.82, 2.24) is 30.2 Å². The van der Waals surface area contributed by atoms with Gasteiger partial charge >= 0.3 is 0 Å². The summed E-state index contributed by atoms with van der Waals surface area (Å²) in [6, 6.07) is 8.05. The molecule has 0 unspecified atom stereocenters. The number of rotatable bonds is 5. The van der Waals surface area contributed by atoms with E-state index in [9.17, 15) is 0 Å². The molecule has 2 saturated heterocycles. The minimum atomic E-state index is 0.382. The van der Waals surface area contributed by atoms with E-state index in [1.807, 2.05) is 18.3 Å². The van der Waals surface area contributed by atoms with Crippen molar-refractivity contribution in [2.75, 3.05) is 49.6 Å². The molecule has 4 aromatic rings. The molecule has 0 bridgehead atoms. The van der Waals surface area contributed by atoms with E-state index in [-0.39, 0.29) is 0 Å². The predicted molar refractivity (Wildman–Crippen MR) is 139 cm³/mol. The van der Waals surface area contributed by atoms with E-state index in [1.165, 1.54) is 0 Å². The lowest BCUT2D eigenvalue weighted by Crippen LogP contribution is -2.44. The Hall–Kier alpha value is -3.21. The molecule has 0 atom stereocenters. The molecule has 10 heteroatoms. The van der Waals surface area contributed by atoms with Crippen LogP contribution in [0.25, 0.3) is 20.9 Å². The monoisotopic (exact) mass is 488 g/mol. The maximum absolute atomic E-state index is 5.58. The van der Waals surface area contributed by atoms with Crippen molar-refractivity contribution in [3.05, 3.63) is 47.9 Å². The fraction of sp³-hybridized carbons (Fsp3) is 0.400. The van der Waals surface area contributed by atoms with Gasteiger partial charge in [0.1, 0.15) is 22.3 Å². The maximum atomic E-state index is 5.58. The fourth-order valence-corrected chi connectivity index (χ4v) is 5.55. The third-order valence-electron chi connectivity index (χ3n) is 6.52. The average molecular weight is 489 g/mol. The number of pyridine rings is 2. The van der Waals surface area contributed by atoms with Gasteiger partial charge < -0.3 is 20.3 Å². The highest BCUT2D eigenvalue weighted by atomic mass is 32.1. The van der Waals surface area contributed by atoms with Gasteiger partial charge in [-0.2, -0.15) is 4.98 Å². The summed E-state index contributed by atoms with van der Waals surface area (Å²) in [5.41, 5.74) is 4.00. The number of nitrogens with zero attached hydrogens (tertiary/aromatic N) is 6. The number of hydrogen-bond acceptors (Lipinski definition) is 10. The first-order valence-electron chi connectivity index (χ1n) is 12.1. The molecule has 0 spiro atoms. The number of fused-ring (bicyclic) bond motifs is 1. The van der Waals surface area contributed by atoms with Crippen molar-refractivity contribution in [3.8, 4) is 10.7 Å². The van der Waals surface area contributed by atoms with E-state index < -0.39 is 0 Å². The van der Waals surface area contributed by atoms with Crippen molar-refractivity contribution >= 4 is 39.1 Å². The van der Waals surface area contributed by atoms with E-state index in [1.54, 1.807) is 17.5 Å². The van der Waals surface area contributed by atoms with Crippen LogP contribution >= 0.6 is 11.3 Å². The number of hydrogen-bond donors (Lipinski definition) is 2. The summed E-state index contributed by atoms with van der Waals surface area (Å²) < 4.78 is 6.61. The number of ether oxygens (including phenoxy) is 1. The largest absolute Gasteiger partial charge is 0.381 e. The molecule has 6 heterocycles. The minimum Gasteiger partial charge on any atom is -0.381 e. The van der Waals surface area contributed by atoms with Crippen LogP contribution < -0.4 is 15.5 Å². The van der Waals surface area contributed by atoms with Crippen molar-refractivity contribution in [1.29, 1.82) is 0 Å². The molecule has 180 valence electrons. The number of thiazole rings is 1. The van der Waals surface area contributed by atoms with Gasteiger partial charge in [0.15, 0.2) is 0 Å². The van der Waals surface area contributed by atoms with Crippen LogP contribution in [0.3, 0.4) is 0 Å². The SMILES string of the molecule is Cc1cccnc1-c1nc2cc(Nc3cc(C4CCOCC4)nc(N4CCNCC4)n3)ncc2s1. The first kappa shape index (κ1) is 22.3. The van der Waals surface area contributed by atoms with Gasteiger partial charge in [0.2, 0.25) is 5.95 Å². The molecule has 0 radical (unpaired) electrons. The van der Waals surface area contributed by atoms with Gasteiger partial charge in [-0.15, -0.1) is 11.3 Å². The lowest BCUT2D eigenvalue weighted by molar-refractivity contribution is 0.0845.